The minimum atomic E-state index is -4.78. The van der Waals surface area contributed by atoms with Gasteiger partial charge in [-0.05, 0) is 40.2 Å². The van der Waals surface area contributed by atoms with Crippen molar-refractivity contribution in [3.63, 3.8) is 0 Å². The number of hydrogen-bond acceptors (Lipinski definition) is 2. The molecule has 0 radical (unpaired) electrons. The molecule has 0 unspecified atom stereocenters. The van der Waals surface area contributed by atoms with Gasteiger partial charge in [0.2, 0.25) is 0 Å². The Kier molecular flexibility index (Phi) is 2.43. The normalized spacial score (nSPS) is 14.8. The SMILES string of the molecule is [2H]C([2H])([2H])n1ncc(Br)c1-c1ccc(OC(F)(F)F)cc1. The Morgan fingerprint density at radius 2 is 2.00 bits per heavy atom. The first-order valence-electron chi connectivity index (χ1n) is 6.18. The first kappa shape index (κ1) is 9.43. The summed E-state index contributed by atoms with van der Waals surface area (Å²) < 4.78 is 63.4. The summed E-state index contributed by atoms with van der Waals surface area (Å²) in [6.45, 7) is -2.50. The number of alkyl halides is 3. The van der Waals surface area contributed by atoms with Crippen LogP contribution in [-0.4, -0.2) is 16.1 Å². The van der Waals surface area contributed by atoms with Crippen LogP contribution in [0.1, 0.15) is 4.11 Å². The molecular weight excluding hydrogens is 313 g/mol. The van der Waals surface area contributed by atoms with Crippen LogP contribution in [0.4, 0.5) is 13.2 Å². The summed E-state index contributed by atoms with van der Waals surface area (Å²) in [6.07, 6.45) is -3.47. The van der Waals surface area contributed by atoms with Crippen molar-refractivity contribution in [1.29, 1.82) is 0 Å². The van der Waals surface area contributed by atoms with Gasteiger partial charge in [0.15, 0.2) is 0 Å². The van der Waals surface area contributed by atoms with Gasteiger partial charge in [0.25, 0.3) is 0 Å². The van der Waals surface area contributed by atoms with E-state index >= 15 is 0 Å². The van der Waals surface area contributed by atoms with Crippen LogP contribution in [0.5, 0.6) is 5.75 Å². The highest BCUT2D eigenvalue weighted by Gasteiger charge is 2.31. The molecule has 0 spiro atoms. The van der Waals surface area contributed by atoms with E-state index in [0.29, 0.717) is 10.0 Å². The smallest absolute Gasteiger partial charge is 0.406 e. The Morgan fingerprint density at radius 3 is 2.56 bits per heavy atom. The zero-order valence-electron chi connectivity index (χ0n) is 11.7. The molecule has 2 rings (SSSR count). The van der Waals surface area contributed by atoms with Crippen LogP contribution in [0.2, 0.25) is 0 Å². The topological polar surface area (TPSA) is 27.1 Å². The van der Waals surface area contributed by atoms with Crippen LogP contribution < -0.4 is 4.74 Å². The van der Waals surface area contributed by atoms with Gasteiger partial charge in [-0.1, -0.05) is 0 Å². The van der Waals surface area contributed by atoms with Crippen LogP contribution in [-0.2, 0) is 6.98 Å². The van der Waals surface area contributed by atoms with E-state index in [4.69, 9.17) is 4.11 Å². The molecule has 96 valence electrons. The number of halogens is 4. The highest BCUT2D eigenvalue weighted by molar-refractivity contribution is 9.10. The van der Waals surface area contributed by atoms with E-state index in [-0.39, 0.29) is 11.4 Å². The van der Waals surface area contributed by atoms with Gasteiger partial charge < -0.3 is 4.74 Å². The summed E-state index contributed by atoms with van der Waals surface area (Å²) in [6, 6.07) is 4.86. The van der Waals surface area contributed by atoms with Crippen molar-refractivity contribution in [2.45, 2.75) is 6.36 Å². The molecule has 0 N–H and O–H groups in total. The number of hydrogen-bond donors (Lipinski definition) is 0. The molecule has 0 bridgehead atoms. The van der Waals surface area contributed by atoms with Crippen molar-refractivity contribution in [3.05, 3.63) is 34.9 Å². The van der Waals surface area contributed by atoms with Gasteiger partial charge in [-0.15, -0.1) is 13.2 Å². The van der Waals surface area contributed by atoms with Crippen LogP contribution in [0.3, 0.4) is 0 Å². The predicted molar refractivity (Wildman–Crippen MR) is 63.0 cm³/mol. The van der Waals surface area contributed by atoms with Gasteiger partial charge in [0.1, 0.15) is 5.75 Å². The van der Waals surface area contributed by atoms with E-state index in [1.165, 1.54) is 18.3 Å². The zero-order valence-corrected chi connectivity index (χ0v) is 10.3. The third-order valence-electron chi connectivity index (χ3n) is 2.09. The molecule has 1 heterocycles. The molecule has 0 amide bonds. The molecule has 0 saturated carbocycles. The molecular formula is C11H8BrF3N2O. The van der Waals surface area contributed by atoms with Crippen molar-refractivity contribution >= 4 is 15.9 Å². The fraction of sp³-hybridized carbons (Fsp3) is 0.182. The summed E-state index contributed by atoms with van der Waals surface area (Å²) in [4.78, 5) is 0. The first-order valence-corrected chi connectivity index (χ1v) is 5.47. The molecule has 0 fully saturated rings. The molecule has 18 heavy (non-hydrogen) atoms. The standard InChI is InChI=1S/C11H8BrF3N2O/c1-17-10(9(12)6-16-17)7-2-4-8(5-3-7)18-11(13,14)15/h2-6H,1H3/i1D3. The molecule has 7 heteroatoms. The van der Waals surface area contributed by atoms with Crippen LogP contribution >= 0.6 is 15.9 Å². The summed E-state index contributed by atoms with van der Waals surface area (Å²) >= 11 is 3.17. The molecule has 0 saturated heterocycles. The largest absolute Gasteiger partial charge is 0.573 e. The Morgan fingerprint density at radius 1 is 1.33 bits per heavy atom. The molecule has 0 aliphatic carbocycles. The number of ether oxygens (including phenoxy) is 1. The molecule has 0 aliphatic heterocycles. The van der Waals surface area contributed by atoms with Crippen LogP contribution in [0.15, 0.2) is 34.9 Å². The van der Waals surface area contributed by atoms with Gasteiger partial charge in [-0.2, -0.15) is 5.10 Å². The monoisotopic (exact) mass is 323 g/mol. The van der Waals surface area contributed by atoms with Crippen LogP contribution in [0.25, 0.3) is 11.3 Å². The second kappa shape index (κ2) is 4.64. The quantitative estimate of drug-likeness (QED) is 0.841. The lowest BCUT2D eigenvalue weighted by atomic mass is 10.1. The van der Waals surface area contributed by atoms with E-state index in [1.54, 1.807) is 0 Å². The van der Waals surface area contributed by atoms with E-state index in [0.717, 1.165) is 16.8 Å². The van der Waals surface area contributed by atoms with Gasteiger partial charge in [0, 0.05) is 16.7 Å². The second-order valence-corrected chi connectivity index (χ2v) is 4.18. The van der Waals surface area contributed by atoms with Gasteiger partial charge in [-0.25, -0.2) is 0 Å². The predicted octanol–water partition coefficient (Wildman–Crippen LogP) is 3.75. The van der Waals surface area contributed by atoms with E-state index in [2.05, 4.69) is 25.8 Å². The van der Waals surface area contributed by atoms with Crippen LogP contribution in [0, 0.1) is 0 Å². The third kappa shape index (κ3) is 2.84. The summed E-state index contributed by atoms with van der Waals surface area (Å²) in [5.74, 6) is -0.387. The van der Waals surface area contributed by atoms with Gasteiger partial charge in [-0.3, -0.25) is 4.68 Å². The number of rotatable bonds is 2. The number of aryl methyl sites for hydroxylation is 1. The summed E-state index contributed by atoms with van der Waals surface area (Å²) in [5.41, 5.74) is 0.638. The Balaban J connectivity index is 2.38. The Hall–Kier alpha value is -1.50. The maximum absolute atomic E-state index is 12.1. The second-order valence-electron chi connectivity index (χ2n) is 3.33. The number of benzene rings is 1. The summed E-state index contributed by atoms with van der Waals surface area (Å²) in [5, 5.41) is 3.74. The zero-order chi connectivity index (χ0) is 15.8. The average molecular weight is 324 g/mol. The van der Waals surface area contributed by atoms with Gasteiger partial charge >= 0.3 is 6.36 Å². The molecule has 0 aliphatic rings. The number of nitrogens with zero attached hydrogens (tertiary/aromatic N) is 2. The van der Waals surface area contributed by atoms with Crippen molar-refractivity contribution in [1.82, 2.24) is 9.78 Å². The van der Waals surface area contributed by atoms with Crippen molar-refractivity contribution in [2.24, 2.45) is 6.98 Å². The lowest BCUT2D eigenvalue weighted by Gasteiger charge is -2.09. The highest BCUT2D eigenvalue weighted by atomic mass is 79.9. The van der Waals surface area contributed by atoms with Crippen molar-refractivity contribution in [3.8, 4) is 17.0 Å². The summed E-state index contributed by atoms with van der Waals surface area (Å²) in [7, 11) is 0. The lowest BCUT2D eigenvalue weighted by molar-refractivity contribution is -0.274. The Bertz CT molecular complexity index is 638. The minimum Gasteiger partial charge on any atom is -0.406 e. The molecule has 3 nitrogen and oxygen atoms in total. The molecule has 0 atom stereocenters. The molecule has 2 aromatic rings. The third-order valence-corrected chi connectivity index (χ3v) is 2.67. The van der Waals surface area contributed by atoms with Gasteiger partial charge in [0.05, 0.1) is 16.4 Å². The first-order chi connectivity index (χ1) is 9.58. The van der Waals surface area contributed by atoms with Crippen molar-refractivity contribution < 1.29 is 22.0 Å². The fourth-order valence-electron chi connectivity index (χ4n) is 1.40. The highest BCUT2D eigenvalue weighted by Crippen LogP contribution is 2.30. The lowest BCUT2D eigenvalue weighted by Crippen LogP contribution is -2.16. The van der Waals surface area contributed by atoms with E-state index in [1.807, 2.05) is 0 Å². The maximum Gasteiger partial charge on any atom is 0.573 e. The molecule has 1 aromatic carbocycles. The minimum absolute atomic E-state index is 0.244. The average Bonchev–Trinajstić information content (AvgIpc) is 2.70. The van der Waals surface area contributed by atoms with E-state index in [9.17, 15) is 13.2 Å². The van der Waals surface area contributed by atoms with E-state index < -0.39 is 13.3 Å². The number of aromatic nitrogens is 2. The Labute approximate surface area is 114 Å². The fourth-order valence-corrected chi connectivity index (χ4v) is 1.89. The molecule has 1 aromatic heterocycles. The van der Waals surface area contributed by atoms with Crippen molar-refractivity contribution in [2.75, 3.05) is 0 Å². The maximum atomic E-state index is 12.1.